The molecule has 0 aliphatic rings. The minimum atomic E-state index is 0.971. The van der Waals surface area contributed by atoms with Crippen LogP contribution in [0.2, 0.25) is 0 Å². The maximum atomic E-state index is 3.54. The van der Waals surface area contributed by atoms with E-state index in [1.807, 2.05) is 38.3 Å². The molecular formula is C13H27N. The van der Waals surface area contributed by atoms with E-state index in [2.05, 4.69) is 32.7 Å². The van der Waals surface area contributed by atoms with Crippen molar-refractivity contribution in [3.05, 3.63) is 37.1 Å². The minimum absolute atomic E-state index is 0.971. The average molecular weight is 197 g/mol. The maximum Gasteiger partial charge on any atom is 0.0113 e. The summed E-state index contributed by atoms with van der Waals surface area (Å²) in [6, 6.07) is 0. The summed E-state index contributed by atoms with van der Waals surface area (Å²) in [6.07, 6.45) is 10.6. The lowest BCUT2D eigenvalue weighted by molar-refractivity contribution is 0.919. The van der Waals surface area contributed by atoms with Crippen LogP contribution in [0.15, 0.2) is 37.1 Å². The van der Waals surface area contributed by atoms with Crippen molar-refractivity contribution in [2.75, 3.05) is 6.54 Å². The second kappa shape index (κ2) is 29.6. The first-order chi connectivity index (χ1) is 6.83. The van der Waals surface area contributed by atoms with Gasteiger partial charge in [-0.15, -0.1) is 0 Å². The molecule has 0 rings (SSSR count). The van der Waals surface area contributed by atoms with Gasteiger partial charge < -0.3 is 5.32 Å². The van der Waals surface area contributed by atoms with Crippen LogP contribution in [0.25, 0.3) is 0 Å². The highest BCUT2D eigenvalue weighted by molar-refractivity contribution is 5.08. The van der Waals surface area contributed by atoms with E-state index in [-0.39, 0.29) is 0 Å². The van der Waals surface area contributed by atoms with Gasteiger partial charge in [-0.2, -0.15) is 0 Å². The van der Waals surface area contributed by atoms with Crippen LogP contribution in [-0.2, 0) is 0 Å². The molecule has 0 radical (unpaired) electrons. The molecule has 0 aromatic carbocycles. The van der Waals surface area contributed by atoms with E-state index in [0.717, 1.165) is 6.54 Å². The van der Waals surface area contributed by atoms with Crippen molar-refractivity contribution in [1.29, 1.82) is 0 Å². The van der Waals surface area contributed by atoms with E-state index in [4.69, 9.17) is 0 Å². The smallest absolute Gasteiger partial charge is 0.0113 e. The fraction of sp³-hybridized carbons (Fsp3) is 0.538. The normalized spacial score (nSPS) is 8.64. The predicted octanol–water partition coefficient (Wildman–Crippen LogP) is 4.29. The summed E-state index contributed by atoms with van der Waals surface area (Å²) in [7, 11) is 0. The zero-order valence-electron chi connectivity index (χ0n) is 10.5. The van der Waals surface area contributed by atoms with Gasteiger partial charge in [-0.25, -0.2) is 0 Å². The monoisotopic (exact) mass is 197 g/mol. The van der Waals surface area contributed by atoms with Gasteiger partial charge in [0.25, 0.3) is 0 Å². The van der Waals surface area contributed by atoms with Gasteiger partial charge in [-0.1, -0.05) is 58.9 Å². The lowest BCUT2D eigenvalue weighted by Crippen LogP contribution is -2.00. The standard InChI is InChI=1S/C8H13N.C3H8.C2H6/c1-3-5-6-7-8-9-4-2;1-3-2;1-2/h3,5-9H,1,4H2,2H3;3H2,1-2H3;1-2H3/b6-5-,8-7+;;. The predicted molar refractivity (Wildman–Crippen MR) is 69.5 cm³/mol. The van der Waals surface area contributed by atoms with Gasteiger partial charge in [-0.3, -0.25) is 0 Å². The second-order valence-corrected chi connectivity index (χ2v) is 2.24. The van der Waals surface area contributed by atoms with Crippen LogP contribution in [0.4, 0.5) is 0 Å². The number of allylic oxidation sites excluding steroid dienone is 4. The molecule has 0 saturated carbocycles. The Labute approximate surface area is 90.6 Å². The van der Waals surface area contributed by atoms with Gasteiger partial charge in [0.1, 0.15) is 0 Å². The zero-order chi connectivity index (χ0) is 11.7. The van der Waals surface area contributed by atoms with E-state index >= 15 is 0 Å². The highest BCUT2D eigenvalue weighted by atomic mass is 14.8. The van der Waals surface area contributed by atoms with Gasteiger partial charge in [0, 0.05) is 6.54 Å². The largest absolute Gasteiger partial charge is 0.391 e. The molecule has 84 valence electrons. The van der Waals surface area contributed by atoms with E-state index < -0.39 is 0 Å². The summed E-state index contributed by atoms with van der Waals surface area (Å²) in [5.74, 6) is 0. The van der Waals surface area contributed by atoms with Crippen LogP contribution >= 0.6 is 0 Å². The summed E-state index contributed by atoms with van der Waals surface area (Å²) in [5.41, 5.74) is 0. The maximum absolute atomic E-state index is 3.54. The summed E-state index contributed by atoms with van der Waals surface area (Å²) in [4.78, 5) is 0. The van der Waals surface area contributed by atoms with Gasteiger partial charge in [0.05, 0.1) is 0 Å². The lowest BCUT2D eigenvalue weighted by atomic mass is 10.5. The van der Waals surface area contributed by atoms with Crippen LogP contribution < -0.4 is 5.32 Å². The molecule has 0 amide bonds. The van der Waals surface area contributed by atoms with Crippen LogP contribution in [0.3, 0.4) is 0 Å². The topological polar surface area (TPSA) is 12.0 Å². The molecule has 0 spiro atoms. The van der Waals surface area contributed by atoms with Gasteiger partial charge in [0.2, 0.25) is 0 Å². The first kappa shape index (κ1) is 18.7. The summed E-state index contributed by atoms with van der Waals surface area (Å²) in [5, 5.41) is 3.04. The van der Waals surface area contributed by atoms with E-state index in [1.165, 1.54) is 6.42 Å². The highest BCUT2D eigenvalue weighted by Crippen LogP contribution is 1.74. The number of nitrogens with one attached hydrogen (secondary N) is 1. The molecule has 0 bridgehead atoms. The Kier molecular flexibility index (Phi) is 39.6. The van der Waals surface area contributed by atoms with Crippen molar-refractivity contribution >= 4 is 0 Å². The zero-order valence-corrected chi connectivity index (χ0v) is 10.5. The number of rotatable bonds is 4. The Morgan fingerprint density at radius 2 is 1.50 bits per heavy atom. The third-order valence-electron chi connectivity index (χ3n) is 0.777. The number of hydrogen-bond acceptors (Lipinski definition) is 1. The Morgan fingerprint density at radius 1 is 1.00 bits per heavy atom. The van der Waals surface area contributed by atoms with E-state index in [1.54, 1.807) is 6.08 Å². The number of hydrogen-bond donors (Lipinski definition) is 1. The molecule has 0 aromatic heterocycles. The van der Waals surface area contributed by atoms with Crippen molar-refractivity contribution in [2.45, 2.75) is 41.0 Å². The van der Waals surface area contributed by atoms with E-state index in [0.29, 0.717) is 0 Å². The molecule has 0 fully saturated rings. The van der Waals surface area contributed by atoms with Crippen molar-refractivity contribution < 1.29 is 0 Å². The molecule has 0 unspecified atom stereocenters. The van der Waals surface area contributed by atoms with Gasteiger partial charge in [0.15, 0.2) is 0 Å². The van der Waals surface area contributed by atoms with Crippen molar-refractivity contribution in [1.82, 2.24) is 5.32 Å². The molecular weight excluding hydrogens is 170 g/mol. The molecule has 1 heteroatoms. The average Bonchev–Trinajstić information content (AvgIpc) is 2.22. The second-order valence-electron chi connectivity index (χ2n) is 2.24. The molecule has 0 aliphatic carbocycles. The summed E-state index contributed by atoms with van der Waals surface area (Å²) in [6.45, 7) is 14.8. The van der Waals surface area contributed by atoms with Crippen LogP contribution in [0.5, 0.6) is 0 Å². The molecule has 0 atom stereocenters. The minimum Gasteiger partial charge on any atom is -0.391 e. The molecule has 0 saturated heterocycles. The Bertz CT molecular complexity index is 123. The van der Waals surface area contributed by atoms with Crippen LogP contribution in [-0.4, -0.2) is 6.54 Å². The van der Waals surface area contributed by atoms with Crippen molar-refractivity contribution in [2.24, 2.45) is 0 Å². The Hall–Kier alpha value is -0.980. The highest BCUT2D eigenvalue weighted by Gasteiger charge is 1.62. The van der Waals surface area contributed by atoms with Gasteiger partial charge >= 0.3 is 0 Å². The summed E-state index contributed by atoms with van der Waals surface area (Å²) >= 11 is 0. The third kappa shape index (κ3) is 43.9. The lowest BCUT2D eigenvalue weighted by Gasteiger charge is -1.86. The van der Waals surface area contributed by atoms with Gasteiger partial charge in [-0.05, 0) is 19.2 Å². The molecule has 0 aromatic rings. The molecule has 14 heavy (non-hydrogen) atoms. The van der Waals surface area contributed by atoms with Crippen LogP contribution in [0.1, 0.15) is 41.0 Å². The van der Waals surface area contributed by atoms with Crippen LogP contribution in [0, 0.1) is 0 Å². The van der Waals surface area contributed by atoms with Crippen molar-refractivity contribution in [3.8, 4) is 0 Å². The molecule has 0 heterocycles. The van der Waals surface area contributed by atoms with Crippen molar-refractivity contribution in [3.63, 3.8) is 0 Å². The first-order valence-electron chi connectivity index (χ1n) is 5.51. The fourth-order valence-corrected chi connectivity index (χ4v) is 0.384. The molecule has 0 aliphatic heterocycles. The Morgan fingerprint density at radius 3 is 1.86 bits per heavy atom. The SMILES string of the molecule is C=C/C=C\C=C\NCC.CC.CCC. The molecule has 1 N–H and O–H groups in total. The summed E-state index contributed by atoms with van der Waals surface area (Å²) < 4.78 is 0. The fourth-order valence-electron chi connectivity index (χ4n) is 0.384. The third-order valence-corrected chi connectivity index (χ3v) is 0.777. The molecule has 1 nitrogen and oxygen atoms in total. The Balaban J connectivity index is -0.000000205. The van der Waals surface area contributed by atoms with E-state index in [9.17, 15) is 0 Å². The first-order valence-corrected chi connectivity index (χ1v) is 5.51. The quantitative estimate of drug-likeness (QED) is 0.663.